The largest absolute Gasteiger partial charge is 0.335 e. The van der Waals surface area contributed by atoms with Gasteiger partial charge in [0.15, 0.2) is 5.82 Å². The third-order valence-corrected chi connectivity index (χ3v) is 5.12. The lowest BCUT2D eigenvalue weighted by Gasteiger charge is -2.06. The molecule has 1 aromatic heterocycles. The van der Waals surface area contributed by atoms with Crippen molar-refractivity contribution in [1.29, 1.82) is 0 Å². The predicted molar refractivity (Wildman–Crippen MR) is 106 cm³/mol. The lowest BCUT2D eigenvalue weighted by atomic mass is 10.2. The van der Waals surface area contributed by atoms with E-state index < -0.39 is 10.8 Å². The second-order valence-electron chi connectivity index (χ2n) is 5.27. The molecule has 0 aliphatic carbocycles. The molecule has 11 heteroatoms. The molecule has 0 aliphatic heterocycles. The fourth-order valence-electron chi connectivity index (χ4n) is 2.26. The second kappa shape index (κ2) is 8.18. The Morgan fingerprint density at radius 1 is 1.22 bits per heavy atom. The molecule has 3 N–H and O–H groups in total. The molecule has 0 saturated heterocycles. The van der Waals surface area contributed by atoms with Crippen LogP contribution in [0.5, 0.6) is 0 Å². The SMILES string of the molecule is Nn1c(SCC(=O)Nc2ccccc2[N+](=O)[O-])nnc1-c1ccccc1Br. The number of hydrogen-bond acceptors (Lipinski definition) is 7. The first-order chi connectivity index (χ1) is 13.0. The quantitative estimate of drug-likeness (QED) is 0.256. The number of halogens is 1. The number of anilines is 1. The number of nitrogens with zero attached hydrogens (tertiary/aromatic N) is 4. The Bertz CT molecular complexity index is 1010. The van der Waals surface area contributed by atoms with E-state index in [1.165, 1.54) is 22.9 Å². The van der Waals surface area contributed by atoms with Gasteiger partial charge in [-0.1, -0.05) is 52.0 Å². The Hall–Kier alpha value is -2.92. The molecule has 3 aromatic rings. The van der Waals surface area contributed by atoms with Gasteiger partial charge in [-0.05, 0) is 18.2 Å². The number of hydrogen-bond donors (Lipinski definition) is 2. The highest BCUT2D eigenvalue weighted by atomic mass is 79.9. The number of benzene rings is 2. The van der Waals surface area contributed by atoms with Gasteiger partial charge in [0, 0.05) is 16.1 Å². The molecule has 0 radical (unpaired) electrons. The summed E-state index contributed by atoms with van der Waals surface area (Å²) in [5, 5.41) is 21.9. The Morgan fingerprint density at radius 2 is 1.93 bits per heavy atom. The average molecular weight is 449 g/mol. The van der Waals surface area contributed by atoms with Crippen molar-refractivity contribution in [3.63, 3.8) is 0 Å². The minimum absolute atomic E-state index is 0.0304. The fourth-order valence-corrected chi connectivity index (χ4v) is 3.38. The Labute approximate surface area is 166 Å². The van der Waals surface area contributed by atoms with E-state index in [0.717, 1.165) is 21.8 Å². The Balaban J connectivity index is 1.69. The highest BCUT2D eigenvalue weighted by molar-refractivity contribution is 9.10. The summed E-state index contributed by atoms with van der Waals surface area (Å²) in [5.41, 5.74) is 0.731. The first-order valence-electron chi connectivity index (χ1n) is 7.59. The average Bonchev–Trinajstić information content (AvgIpc) is 3.01. The summed E-state index contributed by atoms with van der Waals surface area (Å²) in [6.45, 7) is 0. The van der Waals surface area contributed by atoms with Crippen LogP contribution >= 0.6 is 27.7 Å². The van der Waals surface area contributed by atoms with Crippen molar-refractivity contribution >= 4 is 45.0 Å². The second-order valence-corrected chi connectivity index (χ2v) is 7.06. The van der Waals surface area contributed by atoms with Crippen molar-refractivity contribution in [1.82, 2.24) is 14.9 Å². The number of nitrogens with one attached hydrogen (secondary N) is 1. The van der Waals surface area contributed by atoms with Crippen LogP contribution in [0.1, 0.15) is 0 Å². The topological polar surface area (TPSA) is 129 Å². The molecular weight excluding hydrogens is 436 g/mol. The maximum absolute atomic E-state index is 12.1. The van der Waals surface area contributed by atoms with Gasteiger partial charge in [-0.25, -0.2) is 4.68 Å². The van der Waals surface area contributed by atoms with Crippen LogP contribution in [0.4, 0.5) is 11.4 Å². The Kier molecular flexibility index (Phi) is 5.72. The predicted octanol–water partition coefficient (Wildman–Crippen LogP) is 3.06. The molecule has 0 atom stereocenters. The van der Waals surface area contributed by atoms with Gasteiger partial charge in [-0.3, -0.25) is 14.9 Å². The van der Waals surface area contributed by atoms with Crippen LogP contribution in [0.2, 0.25) is 0 Å². The number of carbonyl (C=O) groups is 1. The maximum atomic E-state index is 12.1. The van der Waals surface area contributed by atoms with Gasteiger partial charge in [0.2, 0.25) is 11.1 Å². The molecule has 0 saturated carbocycles. The number of carbonyl (C=O) groups excluding carboxylic acids is 1. The minimum atomic E-state index is -0.552. The van der Waals surface area contributed by atoms with Crippen LogP contribution in [0.15, 0.2) is 58.2 Å². The summed E-state index contributed by atoms with van der Waals surface area (Å²) in [7, 11) is 0. The highest BCUT2D eigenvalue weighted by Gasteiger charge is 2.17. The molecule has 0 spiro atoms. The van der Waals surface area contributed by atoms with Gasteiger partial charge in [0.1, 0.15) is 5.69 Å². The van der Waals surface area contributed by atoms with E-state index in [1.54, 1.807) is 6.07 Å². The van der Waals surface area contributed by atoms with Gasteiger partial charge >= 0.3 is 0 Å². The van der Waals surface area contributed by atoms with Crippen LogP contribution in [-0.2, 0) is 4.79 Å². The third-order valence-electron chi connectivity index (χ3n) is 3.49. The smallest absolute Gasteiger partial charge is 0.292 e. The van der Waals surface area contributed by atoms with E-state index in [-0.39, 0.29) is 17.1 Å². The molecule has 1 heterocycles. The molecule has 2 aromatic carbocycles. The van der Waals surface area contributed by atoms with Gasteiger partial charge in [-0.15, -0.1) is 10.2 Å². The molecule has 1 amide bonds. The van der Waals surface area contributed by atoms with Crippen LogP contribution in [0.25, 0.3) is 11.4 Å². The van der Waals surface area contributed by atoms with Crippen LogP contribution in [-0.4, -0.2) is 31.5 Å². The zero-order chi connectivity index (χ0) is 19.4. The number of para-hydroxylation sites is 2. The minimum Gasteiger partial charge on any atom is -0.335 e. The molecule has 0 unspecified atom stereocenters. The van der Waals surface area contributed by atoms with Crippen LogP contribution in [0.3, 0.4) is 0 Å². The van der Waals surface area contributed by atoms with Crippen molar-refractivity contribution in [3.8, 4) is 11.4 Å². The molecule has 0 aliphatic rings. The lowest BCUT2D eigenvalue weighted by Crippen LogP contribution is -2.17. The molecule has 0 bridgehead atoms. The van der Waals surface area contributed by atoms with E-state index in [9.17, 15) is 14.9 Å². The summed E-state index contributed by atoms with van der Waals surface area (Å²) in [4.78, 5) is 22.6. The summed E-state index contributed by atoms with van der Waals surface area (Å²) in [6, 6.07) is 13.3. The third kappa shape index (κ3) is 4.26. The molecule has 27 heavy (non-hydrogen) atoms. The summed E-state index contributed by atoms with van der Waals surface area (Å²) >= 11 is 4.51. The van der Waals surface area contributed by atoms with Gasteiger partial charge in [0.05, 0.1) is 10.7 Å². The zero-order valence-electron chi connectivity index (χ0n) is 13.7. The number of nitro groups is 1. The summed E-state index contributed by atoms with van der Waals surface area (Å²) < 4.78 is 2.11. The van der Waals surface area contributed by atoms with E-state index in [2.05, 4.69) is 31.4 Å². The summed E-state index contributed by atoms with van der Waals surface area (Å²) in [5.74, 6) is 6.04. The molecular formula is C16H13BrN6O3S. The monoisotopic (exact) mass is 448 g/mol. The van der Waals surface area contributed by atoms with Crippen molar-refractivity contribution in [3.05, 3.63) is 63.1 Å². The van der Waals surface area contributed by atoms with E-state index in [0.29, 0.717) is 11.0 Å². The molecule has 0 fully saturated rings. The molecule has 138 valence electrons. The number of nitro benzene ring substituents is 1. The van der Waals surface area contributed by atoms with Crippen molar-refractivity contribution in [2.24, 2.45) is 0 Å². The summed E-state index contributed by atoms with van der Waals surface area (Å²) in [6.07, 6.45) is 0. The lowest BCUT2D eigenvalue weighted by molar-refractivity contribution is -0.383. The number of amides is 1. The maximum Gasteiger partial charge on any atom is 0.292 e. The normalized spacial score (nSPS) is 10.6. The number of rotatable bonds is 6. The van der Waals surface area contributed by atoms with Crippen LogP contribution < -0.4 is 11.2 Å². The highest BCUT2D eigenvalue weighted by Crippen LogP contribution is 2.28. The number of aromatic nitrogens is 3. The number of nitrogen functional groups attached to an aromatic ring is 1. The van der Waals surface area contributed by atoms with Crippen molar-refractivity contribution in [2.75, 3.05) is 16.9 Å². The number of thioether (sulfide) groups is 1. The van der Waals surface area contributed by atoms with Gasteiger partial charge in [0.25, 0.3) is 5.69 Å². The molecule has 9 nitrogen and oxygen atoms in total. The molecule has 3 rings (SSSR count). The van der Waals surface area contributed by atoms with Crippen molar-refractivity contribution < 1.29 is 9.72 Å². The first-order valence-corrected chi connectivity index (χ1v) is 9.36. The van der Waals surface area contributed by atoms with E-state index in [4.69, 9.17) is 5.84 Å². The zero-order valence-corrected chi connectivity index (χ0v) is 16.1. The Morgan fingerprint density at radius 3 is 2.67 bits per heavy atom. The van der Waals surface area contributed by atoms with E-state index >= 15 is 0 Å². The fraction of sp³-hybridized carbons (Fsp3) is 0.0625. The standard InChI is InChI=1S/C16H13BrN6O3S/c17-11-6-2-1-5-10(11)15-20-21-16(22(15)18)27-9-14(24)19-12-7-3-4-8-13(12)23(25)26/h1-8H,9,18H2,(H,19,24). The van der Waals surface area contributed by atoms with E-state index in [1.807, 2.05) is 24.3 Å². The van der Waals surface area contributed by atoms with Crippen LogP contribution in [0, 0.1) is 10.1 Å². The van der Waals surface area contributed by atoms with Crippen molar-refractivity contribution in [2.45, 2.75) is 5.16 Å². The first kappa shape index (κ1) is 18.9. The number of nitrogens with two attached hydrogens (primary N) is 1. The van der Waals surface area contributed by atoms with Gasteiger partial charge in [-0.2, -0.15) is 0 Å². The van der Waals surface area contributed by atoms with Gasteiger partial charge < -0.3 is 11.2 Å².